The van der Waals surface area contributed by atoms with E-state index in [4.69, 9.17) is 0 Å². The number of carbonyl (C=O) groups is 1. The van der Waals surface area contributed by atoms with E-state index in [-0.39, 0.29) is 0 Å². The first kappa shape index (κ1) is 13.8. The van der Waals surface area contributed by atoms with Gasteiger partial charge in [-0.05, 0) is 11.1 Å². The molecular formula is C11H14N2O5S. The van der Waals surface area contributed by atoms with Gasteiger partial charge in [-0.25, -0.2) is 9.52 Å². The number of benzene rings is 1. The Morgan fingerprint density at radius 2 is 2.11 bits per heavy atom. The molecule has 3 N–H and O–H groups in total. The number of methoxy groups -OCH3 is 1. The maximum absolute atomic E-state index is 11.7. The molecule has 1 aliphatic rings. The topological polar surface area (TPSA) is 105 Å². The third-order valence-corrected chi connectivity index (χ3v) is 3.89. The third-order valence-electron chi connectivity index (χ3n) is 2.89. The van der Waals surface area contributed by atoms with Gasteiger partial charge in [-0.1, -0.05) is 24.3 Å². The first-order valence-corrected chi connectivity index (χ1v) is 7.05. The van der Waals surface area contributed by atoms with E-state index in [9.17, 15) is 18.3 Å². The molecule has 0 aliphatic heterocycles. The van der Waals surface area contributed by atoms with Gasteiger partial charge in [-0.3, -0.25) is 0 Å². The standard InChI is InChI=1S/C11H14N2O5S/c1-18-11(15)13-19(16,17)12-10-8-5-3-2-4-7(8)6-9(10)14/h2-5,9-10,12,14H,6H2,1H3,(H,13,15)/t9-,10+/m0/s1. The van der Waals surface area contributed by atoms with Gasteiger partial charge < -0.3 is 9.84 Å². The molecule has 1 aliphatic carbocycles. The number of hydrogen-bond donors (Lipinski definition) is 3. The Kier molecular flexibility index (Phi) is 3.74. The van der Waals surface area contributed by atoms with E-state index in [1.54, 1.807) is 16.9 Å². The second kappa shape index (κ2) is 5.16. The summed E-state index contributed by atoms with van der Waals surface area (Å²) in [4.78, 5) is 10.9. The number of nitrogens with one attached hydrogen (secondary N) is 2. The lowest BCUT2D eigenvalue weighted by atomic mass is 10.1. The summed E-state index contributed by atoms with van der Waals surface area (Å²) in [5, 5.41) is 9.89. The molecule has 0 aromatic heterocycles. The van der Waals surface area contributed by atoms with Crippen LogP contribution in [-0.4, -0.2) is 32.8 Å². The van der Waals surface area contributed by atoms with Crippen LogP contribution in [0.15, 0.2) is 24.3 Å². The molecule has 0 heterocycles. The molecular weight excluding hydrogens is 272 g/mol. The van der Waals surface area contributed by atoms with Crippen LogP contribution in [0.5, 0.6) is 0 Å². The molecule has 0 unspecified atom stereocenters. The number of aliphatic hydroxyl groups is 1. The fourth-order valence-electron chi connectivity index (χ4n) is 2.06. The van der Waals surface area contributed by atoms with Crippen LogP contribution in [0.25, 0.3) is 0 Å². The average Bonchev–Trinajstić information content (AvgIpc) is 2.65. The zero-order chi connectivity index (χ0) is 14.0. The highest BCUT2D eigenvalue weighted by Crippen LogP contribution is 2.31. The summed E-state index contributed by atoms with van der Waals surface area (Å²) in [5.41, 5.74) is 1.58. The molecule has 0 bridgehead atoms. The maximum atomic E-state index is 11.7. The van der Waals surface area contributed by atoms with Gasteiger partial charge >= 0.3 is 16.3 Å². The Hall–Kier alpha value is -1.64. The number of ether oxygens (including phenoxy) is 1. The molecule has 104 valence electrons. The average molecular weight is 286 g/mol. The van der Waals surface area contributed by atoms with Crippen LogP contribution in [0.4, 0.5) is 4.79 Å². The summed E-state index contributed by atoms with van der Waals surface area (Å²) in [6, 6.07) is 6.34. The van der Waals surface area contributed by atoms with Gasteiger partial charge in [0.05, 0.1) is 19.3 Å². The van der Waals surface area contributed by atoms with Gasteiger partial charge in [0, 0.05) is 6.42 Å². The Morgan fingerprint density at radius 1 is 1.42 bits per heavy atom. The van der Waals surface area contributed by atoms with Crippen LogP contribution in [-0.2, 0) is 21.4 Å². The van der Waals surface area contributed by atoms with E-state index in [0.717, 1.165) is 12.7 Å². The summed E-state index contributed by atoms with van der Waals surface area (Å²) in [7, 11) is -3.03. The predicted molar refractivity (Wildman–Crippen MR) is 66.5 cm³/mol. The lowest BCUT2D eigenvalue weighted by molar-refractivity contribution is 0.151. The maximum Gasteiger partial charge on any atom is 0.421 e. The summed E-state index contributed by atoms with van der Waals surface area (Å²) in [6.45, 7) is 0. The molecule has 0 saturated heterocycles. The third kappa shape index (κ3) is 3.03. The summed E-state index contributed by atoms with van der Waals surface area (Å²) < 4.78 is 31.5. The molecule has 0 saturated carbocycles. The summed E-state index contributed by atoms with van der Waals surface area (Å²) in [5.74, 6) is 0. The molecule has 2 atom stereocenters. The van der Waals surface area contributed by atoms with Crippen molar-refractivity contribution in [3.8, 4) is 0 Å². The number of aliphatic hydroxyl groups excluding tert-OH is 1. The predicted octanol–water partition coefficient (Wildman–Crippen LogP) is -0.165. The van der Waals surface area contributed by atoms with E-state index < -0.39 is 28.4 Å². The van der Waals surface area contributed by atoms with Gasteiger partial charge in [0.2, 0.25) is 0 Å². The van der Waals surface area contributed by atoms with Crippen molar-refractivity contribution in [2.45, 2.75) is 18.6 Å². The van der Waals surface area contributed by atoms with Crippen LogP contribution in [0, 0.1) is 0 Å². The van der Waals surface area contributed by atoms with E-state index >= 15 is 0 Å². The van der Waals surface area contributed by atoms with E-state index in [2.05, 4.69) is 9.46 Å². The SMILES string of the molecule is COC(=O)NS(=O)(=O)N[C@@H]1c2ccccc2C[C@@H]1O. The largest absolute Gasteiger partial charge is 0.452 e. The lowest BCUT2D eigenvalue weighted by Gasteiger charge is -2.17. The van der Waals surface area contributed by atoms with Gasteiger partial charge in [-0.15, -0.1) is 0 Å². The Labute approximate surface area is 110 Å². The fourth-order valence-corrected chi connectivity index (χ4v) is 3.04. The van der Waals surface area contributed by atoms with Crippen molar-refractivity contribution in [2.75, 3.05) is 7.11 Å². The van der Waals surface area contributed by atoms with Crippen molar-refractivity contribution in [2.24, 2.45) is 0 Å². The molecule has 8 heteroatoms. The molecule has 7 nitrogen and oxygen atoms in total. The monoisotopic (exact) mass is 286 g/mol. The van der Waals surface area contributed by atoms with Crippen molar-refractivity contribution >= 4 is 16.3 Å². The minimum Gasteiger partial charge on any atom is -0.452 e. The van der Waals surface area contributed by atoms with Gasteiger partial charge in [-0.2, -0.15) is 13.1 Å². The molecule has 1 aromatic rings. The molecule has 19 heavy (non-hydrogen) atoms. The highest BCUT2D eigenvalue weighted by Gasteiger charge is 2.34. The first-order valence-electron chi connectivity index (χ1n) is 5.57. The smallest absolute Gasteiger partial charge is 0.421 e. The van der Waals surface area contributed by atoms with Crippen LogP contribution >= 0.6 is 0 Å². The lowest BCUT2D eigenvalue weighted by Crippen LogP contribution is -2.44. The normalized spacial score (nSPS) is 21.8. The zero-order valence-electron chi connectivity index (χ0n) is 10.2. The van der Waals surface area contributed by atoms with E-state index in [1.165, 1.54) is 0 Å². The van der Waals surface area contributed by atoms with Crippen molar-refractivity contribution in [1.82, 2.24) is 9.44 Å². The quantitative estimate of drug-likeness (QED) is 0.716. The Balaban J connectivity index is 2.18. The van der Waals surface area contributed by atoms with Crippen LogP contribution in [0.2, 0.25) is 0 Å². The fraction of sp³-hybridized carbons (Fsp3) is 0.364. The second-order valence-electron chi connectivity index (χ2n) is 4.16. The summed E-state index contributed by atoms with van der Waals surface area (Å²) in [6.07, 6.45) is -1.60. The number of fused-ring (bicyclic) bond motifs is 1. The van der Waals surface area contributed by atoms with Crippen molar-refractivity contribution in [1.29, 1.82) is 0 Å². The number of carbonyl (C=O) groups excluding carboxylic acids is 1. The Bertz CT molecular complexity index is 587. The van der Waals surface area contributed by atoms with E-state index in [1.807, 2.05) is 12.1 Å². The van der Waals surface area contributed by atoms with Gasteiger partial charge in [0.25, 0.3) is 0 Å². The van der Waals surface area contributed by atoms with E-state index in [0.29, 0.717) is 12.0 Å². The van der Waals surface area contributed by atoms with Crippen LogP contribution < -0.4 is 9.44 Å². The molecule has 1 aromatic carbocycles. The zero-order valence-corrected chi connectivity index (χ0v) is 11.0. The minimum absolute atomic E-state index is 0.363. The minimum atomic E-state index is -4.09. The van der Waals surface area contributed by atoms with Crippen molar-refractivity contribution < 1.29 is 23.1 Å². The molecule has 0 fully saturated rings. The van der Waals surface area contributed by atoms with Crippen LogP contribution in [0.1, 0.15) is 17.2 Å². The molecule has 0 spiro atoms. The second-order valence-corrected chi connectivity index (χ2v) is 5.61. The Morgan fingerprint density at radius 3 is 2.79 bits per heavy atom. The van der Waals surface area contributed by atoms with Gasteiger partial charge in [0.1, 0.15) is 0 Å². The number of hydrogen-bond acceptors (Lipinski definition) is 5. The molecule has 2 rings (SSSR count). The highest BCUT2D eigenvalue weighted by molar-refractivity contribution is 7.88. The molecule has 1 amide bonds. The number of rotatable bonds is 3. The molecule has 0 radical (unpaired) electrons. The van der Waals surface area contributed by atoms with Gasteiger partial charge in [0.15, 0.2) is 0 Å². The van der Waals surface area contributed by atoms with Crippen molar-refractivity contribution in [3.05, 3.63) is 35.4 Å². The first-order chi connectivity index (χ1) is 8.93. The van der Waals surface area contributed by atoms with Crippen LogP contribution in [0.3, 0.4) is 0 Å². The highest BCUT2D eigenvalue weighted by atomic mass is 32.2. The summed E-state index contributed by atoms with van der Waals surface area (Å²) >= 11 is 0. The van der Waals surface area contributed by atoms with Crippen molar-refractivity contribution in [3.63, 3.8) is 0 Å². The number of amides is 1.